The van der Waals surface area contributed by atoms with Gasteiger partial charge in [0.05, 0.1) is 5.54 Å². The van der Waals surface area contributed by atoms with Gasteiger partial charge in [0, 0.05) is 26.1 Å². The van der Waals surface area contributed by atoms with E-state index < -0.39 is 5.54 Å². The Labute approximate surface area is 109 Å². The Bertz CT molecular complexity index is 305. The van der Waals surface area contributed by atoms with Crippen LogP contribution in [0.2, 0.25) is 0 Å². The predicted molar refractivity (Wildman–Crippen MR) is 70.9 cm³/mol. The highest BCUT2D eigenvalue weighted by Crippen LogP contribution is 2.19. The molecule has 1 aliphatic heterocycles. The summed E-state index contributed by atoms with van der Waals surface area (Å²) in [7, 11) is 0. The molecule has 18 heavy (non-hydrogen) atoms. The van der Waals surface area contributed by atoms with E-state index in [1.165, 1.54) is 6.92 Å². The van der Waals surface area contributed by atoms with E-state index >= 15 is 0 Å². The summed E-state index contributed by atoms with van der Waals surface area (Å²) in [5.41, 5.74) is 5.40. The number of piperidine rings is 1. The molecule has 5 nitrogen and oxygen atoms in total. The molecule has 1 saturated heterocycles. The number of carbonyl (C=O) groups is 2. The SMILES string of the molecule is CCC(N)(CC)C(=O)N1CCC(NC(C)=O)CC1. The molecule has 0 aromatic carbocycles. The summed E-state index contributed by atoms with van der Waals surface area (Å²) < 4.78 is 0. The van der Waals surface area contributed by atoms with Gasteiger partial charge in [-0.25, -0.2) is 0 Å². The minimum atomic E-state index is -0.721. The van der Waals surface area contributed by atoms with Crippen molar-refractivity contribution in [2.75, 3.05) is 13.1 Å². The molecule has 0 radical (unpaired) electrons. The fraction of sp³-hybridized carbons (Fsp3) is 0.846. The average molecular weight is 255 g/mol. The molecule has 0 aromatic rings. The fourth-order valence-corrected chi connectivity index (χ4v) is 2.38. The van der Waals surface area contributed by atoms with Crippen LogP contribution in [0.1, 0.15) is 46.5 Å². The lowest BCUT2D eigenvalue weighted by molar-refractivity contribution is -0.138. The van der Waals surface area contributed by atoms with Crippen molar-refractivity contribution in [2.24, 2.45) is 5.73 Å². The predicted octanol–water partition coefficient (Wildman–Crippen LogP) is 0.631. The van der Waals surface area contributed by atoms with Crippen molar-refractivity contribution in [3.63, 3.8) is 0 Å². The summed E-state index contributed by atoms with van der Waals surface area (Å²) in [4.78, 5) is 25.1. The zero-order valence-corrected chi connectivity index (χ0v) is 11.7. The zero-order chi connectivity index (χ0) is 13.8. The van der Waals surface area contributed by atoms with Gasteiger partial charge >= 0.3 is 0 Å². The molecule has 2 amide bonds. The maximum atomic E-state index is 12.3. The number of amides is 2. The number of likely N-dealkylation sites (tertiary alicyclic amines) is 1. The van der Waals surface area contributed by atoms with Gasteiger partial charge in [-0.1, -0.05) is 13.8 Å². The molecule has 3 N–H and O–H groups in total. The van der Waals surface area contributed by atoms with Crippen LogP contribution in [0.3, 0.4) is 0 Å². The molecule has 104 valence electrons. The van der Waals surface area contributed by atoms with E-state index in [-0.39, 0.29) is 17.9 Å². The molecule has 0 unspecified atom stereocenters. The Morgan fingerprint density at radius 3 is 2.17 bits per heavy atom. The van der Waals surface area contributed by atoms with E-state index in [9.17, 15) is 9.59 Å². The van der Waals surface area contributed by atoms with Crippen molar-refractivity contribution in [1.29, 1.82) is 0 Å². The van der Waals surface area contributed by atoms with Gasteiger partial charge < -0.3 is 16.0 Å². The third kappa shape index (κ3) is 3.45. The summed E-state index contributed by atoms with van der Waals surface area (Å²) in [6.07, 6.45) is 2.95. The highest BCUT2D eigenvalue weighted by atomic mass is 16.2. The molecular formula is C13H25N3O2. The van der Waals surface area contributed by atoms with Crippen molar-refractivity contribution in [3.05, 3.63) is 0 Å². The first kappa shape index (κ1) is 15.0. The van der Waals surface area contributed by atoms with Crippen LogP contribution in [0.4, 0.5) is 0 Å². The number of nitrogens with two attached hydrogens (primary N) is 1. The molecular weight excluding hydrogens is 230 g/mol. The van der Waals surface area contributed by atoms with Crippen molar-refractivity contribution in [3.8, 4) is 0 Å². The molecule has 1 heterocycles. The zero-order valence-electron chi connectivity index (χ0n) is 11.7. The minimum Gasteiger partial charge on any atom is -0.353 e. The summed E-state index contributed by atoms with van der Waals surface area (Å²) in [6, 6.07) is 0.196. The second kappa shape index (κ2) is 6.18. The summed E-state index contributed by atoms with van der Waals surface area (Å²) in [5.74, 6) is 0.0452. The van der Waals surface area contributed by atoms with Gasteiger partial charge in [0.25, 0.3) is 0 Å². The lowest BCUT2D eigenvalue weighted by Crippen LogP contribution is -2.57. The van der Waals surface area contributed by atoms with Crippen molar-refractivity contribution in [2.45, 2.75) is 58.0 Å². The number of hydrogen-bond acceptors (Lipinski definition) is 3. The molecule has 0 aliphatic carbocycles. The average Bonchev–Trinajstić information content (AvgIpc) is 2.37. The van der Waals surface area contributed by atoms with Gasteiger partial charge in [0.15, 0.2) is 0 Å². The monoisotopic (exact) mass is 255 g/mol. The van der Waals surface area contributed by atoms with Crippen LogP contribution in [-0.4, -0.2) is 41.4 Å². The van der Waals surface area contributed by atoms with Gasteiger partial charge in [-0.3, -0.25) is 9.59 Å². The molecule has 0 spiro atoms. The molecule has 0 aromatic heterocycles. The normalized spacial score (nSPS) is 17.7. The second-order valence-corrected chi connectivity index (χ2v) is 5.13. The Balaban J connectivity index is 2.52. The number of nitrogens with zero attached hydrogens (tertiary/aromatic N) is 1. The molecule has 0 atom stereocenters. The Morgan fingerprint density at radius 2 is 1.78 bits per heavy atom. The topological polar surface area (TPSA) is 75.4 Å². The lowest BCUT2D eigenvalue weighted by Gasteiger charge is -2.37. The quantitative estimate of drug-likeness (QED) is 0.773. The largest absolute Gasteiger partial charge is 0.353 e. The number of nitrogens with one attached hydrogen (secondary N) is 1. The molecule has 0 bridgehead atoms. The van der Waals surface area contributed by atoms with Gasteiger partial charge in [0.1, 0.15) is 0 Å². The van der Waals surface area contributed by atoms with E-state index in [0.717, 1.165) is 12.8 Å². The van der Waals surface area contributed by atoms with Crippen molar-refractivity contribution in [1.82, 2.24) is 10.2 Å². The number of carbonyl (C=O) groups excluding carboxylic acids is 2. The van der Waals surface area contributed by atoms with Crippen LogP contribution in [0.15, 0.2) is 0 Å². The third-order valence-corrected chi connectivity index (χ3v) is 3.88. The summed E-state index contributed by atoms with van der Waals surface area (Å²) >= 11 is 0. The van der Waals surface area contributed by atoms with Gasteiger partial charge in [-0.05, 0) is 25.7 Å². The Kier molecular flexibility index (Phi) is 5.14. The van der Waals surface area contributed by atoms with E-state index in [1.54, 1.807) is 0 Å². The Hall–Kier alpha value is -1.10. The molecule has 1 fully saturated rings. The minimum absolute atomic E-state index is 0.00457. The lowest BCUT2D eigenvalue weighted by atomic mass is 9.91. The summed E-state index contributed by atoms with van der Waals surface area (Å²) in [6.45, 7) is 6.79. The van der Waals surface area contributed by atoms with Crippen molar-refractivity contribution >= 4 is 11.8 Å². The van der Waals surface area contributed by atoms with Crippen LogP contribution in [0.25, 0.3) is 0 Å². The first-order valence-electron chi connectivity index (χ1n) is 6.78. The van der Waals surface area contributed by atoms with Crippen LogP contribution in [0.5, 0.6) is 0 Å². The van der Waals surface area contributed by atoms with Crippen LogP contribution in [-0.2, 0) is 9.59 Å². The van der Waals surface area contributed by atoms with Gasteiger partial charge in [0.2, 0.25) is 11.8 Å². The first-order chi connectivity index (χ1) is 8.42. The maximum Gasteiger partial charge on any atom is 0.242 e. The van der Waals surface area contributed by atoms with E-state index in [0.29, 0.717) is 25.9 Å². The van der Waals surface area contributed by atoms with E-state index in [4.69, 9.17) is 5.73 Å². The highest BCUT2D eigenvalue weighted by molar-refractivity contribution is 5.86. The van der Waals surface area contributed by atoms with Gasteiger partial charge in [-0.15, -0.1) is 0 Å². The van der Waals surface area contributed by atoms with Crippen LogP contribution in [0, 0.1) is 0 Å². The smallest absolute Gasteiger partial charge is 0.242 e. The van der Waals surface area contributed by atoms with Crippen LogP contribution >= 0.6 is 0 Å². The van der Waals surface area contributed by atoms with Gasteiger partial charge in [-0.2, -0.15) is 0 Å². The molecule has 5 heteroatoms. The van der Waals surface area contributed by atoms with E-state index in [1.807, 2.05) is 18.7 Å². The molecule has 1 aliphatic rings. The number of hydrogen-bond donors (Lipinski definition) is 2. The Morgan fingerprint density at radius 1 is 1.28 bits per heavy atom. The fourth-order valence-electron chi connectivity index (χ4n) is 2.38. The summed E-state index contributed by atoms with van der Waals surface area (Å²) in [5, 5.41) is 2.90. The van der Waals surface area contributed by atoms with Crippen LogP contribution < -0.4 is 11.1 Å². The molecule has 0 saturated carbocycles. The van der Waals surface area contributed by atoms with Crippen molar-refractivity contribution < 1.29 is 9.59 Å². The van der Waals surface area contributed by atoms with E-state index in [2.05, 4.69) is 5.32 Å². The second-order valence-electron chi connectivity index (χ2n) is 5.13. The number of rotatable bonds is 4. The first-order valence-corrected chi connectivity index (χ1v) is 6.78. The molecule has 1 rings (SSSR count). The standard InChI is InChI=1S/C13H25N3O2/c1-4-13(14,5-2)12(18)16-8-6-11(7-9-16)15-10(3)17/h11H,4-9,14H2,1-3H3,(H,15,17). The maximum absolute atomic E-state index is 12.3. The third-order valence-electron chi connectivity index (χ3n) is 3.88. The highest BCUT2D eigenvalue weighted by Gasteiger charge is 2.35.